The fourth-order valence-corrected chi connectivity index (χ4v) is 2.04. The summed E-state index contributed by atoms with van der Waals surface area (Å²) < 4.78 is 11.0. The molecule has 1 aromatic rings. The Balaban J connectivity index is 1.44. The van der Waals surface area contributed by atoms with Gasteiger partial charge in [-0.2, -0.15) is 0 Å². The van der Waals surface area contributed by atoms with Crippen LogP contribution in [0.2, 0.25) is 0 Å². The first kappa shape index (κ1) is 12.1. The van der Waals surface area contributed by atoms with Gasteiger partial charge in [0.2, 0.25) is 0 Å². The first-order chi connectivity index (χ1) is 8.90. The number of ether oxygens (including phenoxy) is 2. The standard InChI is InChI=1S/C14H20N2O2/c1-2-13(9-18-14-5-6-17-10-14)16-8-11(1)7-15-12-3-4-12/h1-2,8,12,14-15H,3-7,9-10H2. The molecule has 0 radical (unpaired) electrons. The number of hydrogen-bond acceptors (Lipinski definition) is 4. The smallest absolute Gasteiger partial charge is 0.0892 e. The molecular weight excluding hydrogens is 228 g/mol. The van der Waals surface area contributed by atoms with Crippen molar-refractivity contribution in [1.29, 1.82) is 0 Å². The van der Waals surface area contributed by atoms with Crippen molar-refractivity contribution in [3.05, 3.63) is 29.6 Å². The van der Waals surface area contributed by atoms with E-state index in [4.69, 9.17) is 9.47 Å². The Morgan fingerprint density at radius 3 is 2.94 bits per heavy atom. The van der Waals surface area contributed by atoms with Gasteiger partial charge < -0.3 is 14.8 Å². The lowest BCUT2D eigenvalue weighted by atomic mass is 10.2. The van der Waals surface area contributed by atoms with Crippen LogP contribution in [0.3, 0.4) is 0 Å². The molecule has 1 unspecified atom stereocenters. The van der Waals surface area contributed by atoms with E-state index in [9.17, 15) is 0 Å². The summed E-state index contributed by atoms with van der Waals surface area (Å²) in [6.45, 7) is 3.06. The van der Waals surface area contributed by atoms with E-state index in [2.05, 4.69) is 22.4 Å². The van der Waals surface area contributed by atoms with Gasteiger partial charge in [0.15, 0.2) is 0 Å². The number of aromatic nitrogens is 1. The van der Waals surface area contributed by atoms with Crippen molar-refractivity contribution in [2.75, 3.05) is 13.2 Å². The number of hydrogen-bond donors (Lipinski definition) is 1. The third-order valence-corrected chi connectivity index (χ3v) is 3.41. The van der Waals surface area contributed by atoms with Crippen LogP contribution in [0.5, 0.6) is 0 Å². The third-order valence-electron chi connectivity index (χ3n) is 3.41. The summed E-state index contributed by atoms with van der Waals surface area (Å²) in [5.41, 5.74) is 2.24. The minimum Gasteiger partial charge on any atom is -0.379 e. The monoisotopic (exact) mass is 248 g/mol. The highest BCUT2D eigenvalue weighted by molar-refractivity contribution is 5.13. The van der Waals surface area contributed by atoms with Crippen LogP contribution in [-0.4, -0.2) is 30.3 Å². The number of rotatable bonds is 6. The molecule has 1 aliphatic carbocycles. The summed E-state index contributed by atoms with van der Waals surface area (Å²) in [7, 11) is 0. The SMILES string of the molecule is c1cc(COC2CCOC2)ncc1CNC1CC1. The Kier molecular flexibility index (Phi) is 3.88. The molecule has 4 heteroatoms. The highest BCUT2D eigenvalue weighted by Gasteiger charge is 2.20. The first-order valence-corrected chi connectivity index (χ1v) is 6.77. The van der Waals surface area contributed by atoms with Crippen LogP contribution in [-0.2, 0) is 22.6 Å². The van der Waals surface area contributed by atoms with Gasteiger partial charge >= 0.3 is 0 Å². The van der Waals surface area contributed by atoms with Gasteiger partial charge in [-0.3, -0.25) is 4.98 Å². The molecule has 2 aliphatic rings. The number of nitrogens with zero attached hydrogens (tertiary/aromatic N) is 1. The van der Waals surface area contributed by atoms with Crippen LogP contribution in [0, 0.1) is 0 Å². The van der Waals surface area contributed by atoms with Gasteiger partial charge in [-0.1, -0.05) is 6.07 Å². The van der Waals surface area contributed by atoms with Crippen molar-refractivity contribution in [2.24, 2.45) is 0 Å². The van der Waals surface area contributed by atoms with Gasteiger partial charge in [-0.15, -0.1) is 0 Å². The summed E-state index contributed by atoms with van der Waals surface area (Å²) in [5, 5.41) is 3.48. The molecule has 0 amide bonds. The molecule has 1 N–H and O–H groups in total. The highest BCUT2D eigenvalue weighted by atomic mass is 16.5. The van der Waals surface area contributed by atoms with Gasteiger partial charge in [0.1, 0.15) is 0 Å². The Morgan fingerprint density at radius 2 is 2.28 bits per heavy atom. The summed E-state index contributed by atoms with van der Waals surface area (Å²) in [4.78, 5) is 4.43. The molecular formula is C14H20N2O2. The van der Waals surface area contributed by atoms with E-state index in [0.29, 0.717) is 6.61 Å². The average molecular weight is 248 g/mol. The van der Waals surface area contributed by atoms with Crippen LogP contribution in [0.15, 0.2) is 18.3 Å². The molecule has 0 aromatic carbocycles. The Hall–Kier alpha value is -0.970. The number of pyridine rings is 1. The Morgan fingerprint density at radius 1 is 1.33 bits per heavy atom. The van der Waals surface area contributed by atoms with E-state index in [1.807, 2.05) is 6.20 Å². The van der Waals surface area contributed by atoms with E-state index < -0.39 is 0 Å². The van der Waals surface area contributed by atoms with Crippen molar-refractivity contribution in [3.8, 4) is 0 Å². The van der Waals surface area contributed by atoms with Crippen LogP contribution >= 0.6 is 0 Å². The summed E-state index contributed by atoms with van der Waals surface area (Å²) >= 11 is 0. The lowest BCUT2D eigenvalue weighted by Gasteiger charge is -2.09. The zero-order valence-corrected chi connectivity index (χ0v) is 10.6. The van der Waals surface area contributed by atoms with Crippen LogP contribution < -0.4 is 5.32 Å². The van der Waals surface area contributed by atoms with E-state index in [1.165, 1.54) is 18.4 Å². The maximum atomic E-state index is 5.73. The Bertz CT molecular complexity index is 370. The summed E-state index contributed by atoms with van der Waals surface area (Å²) in [6, 6.07) is 4.93. The zero-order chi connectivity index (χ0) is 12.2. The molecule has 1 saturated carbocycles. The van der Waals surface area contributed by atoms with Gasteiger partial charge in [0.25, 0.3) is 0 Å². The molecule has 2 heterocycles. The van der Waals surface area contributed by atoms with Crippen molar-refractivity contribution in [3.63, 3.8) is 0 Å². The normalized spacial score (nSPS) is 23.4. The van der Waals surface area contributed by atoms with Gasteiger partial charge in [0, 0.05) is 25.4 Å². The summed E-state index contributed by atoms with van der Waals surface area (Å²) in [5.74, 6) is 0. The largest absolute Gasteiger partial charge is 0.379 e. The quantitative estimate of drug-likeness (QED) is 0.831. The van der Waals surface area contributed by atoms with E-state index in [-0.39, 0.29) is 6.10 Å². The van der Waals surface area contributed by atoms with E-state index >= 15 is 0 Å². The molecule has 1 atom stereocenters. The zero-order valence-electron chi connectivity index (χ0n) is 10.6. The minimum atomic E-state index is 0.253. The van der Waals surface area contributed by atoms with Crippen molar-refractivity contribution in [2.45, 2.75) is 44.6 Å². The van der Waals surface area contributed by atoms with Gasteiger partial charge in [-0.25, -0.2) is 0 Å². The first-order valence-electron chi connectivity index (χ1n) is 6.77. The molecule has 3 rings (SSSR count). The molecule has 2 fully saturated rings. The van der Waals surface area contributed by atoms with Crippen LogP contribution in [0.4, 0.5) is 0 Å². The lowest BCUT2D eigenvalue weighted by molar-refractivity contribution is 0.0301. The van der Waals surface area contributed by atoms with Crippen molar-refractivity contribution >= 4 is 0 Å². The second kappa shape index (κ2) is 5.78. The molecule has 1 saturated heterocycles. The minimum absolute atomic E-state index is 0.253. The number of nitrogens with one attached hydrogen (secondary N) is 1. The lowest BCUT2D eigenvalue weighted by Crippen LogP contribution is -2.15. The predicted molar refractivity (Wildman–Crippen MR) is 68.1 cm³/mol. The fraction of sp³-hybridized carbons (Fsp3) is 0.643. The van der Waals surface area contributed by atoms with Crippen molar-refractivity contribution in [1.82, 2.24) is 10.3 Å². The molecule has 1 aliphatic heterocycles. The van der Waals surface area contributed by atoms with Gasteiger partial charge in [-0.05, 0) is 30.9 Å². The molecule has 0 bridgehead atoms. The highest BCUT2D eigenvalue weighted by Crippen LogP contribution is 2.19. The Labute approximate surface area is 108 Å². The average Bonchev–Trinajstić information content (AvgIpc) is 3.09. The molecule has 18 heavy (non-hydrogen) atoms. The van der Waals surface area contributed by atoms with Gasteiger partial charge in [0.05, 0.1) is 25.0 Å². The fourth-order valence-electron chi connectivity index (χ4n) is 2.04. The molecule has 0 spiro atoms. The van der Waals surface area contributed by atoms with Crippen LogP contribution in [0.1, 0.15) is 30.5 Å². The predicted octanol–water partition coefficient (Wildman–Crippen LogP) is 1.64. The maximum absolute atomic E-state index is 5.73. The third kappa shape index (κ3) is 3.51. The molecule has 98 valence electrons. The molecule has 1 aromatic heterocycles. The van der Waals surface area contributed by atoms with Crippen LogP contribution in [0.25, 0.3) is 0 Å². The molecule has 4 nitrogen and oxygen atoms in total. The second-order valence-electron chi connectivity index (χ2n) is 5.11. The van der Waals surface area contributed by atoms with E-state index in [0.717, 1.165) is 37.9 Å². The summed E-state index contributed by atoms with van der Waals surface area (Å²) in [6.07, 6.45) is 5.84. The topological polar surface area (TPSA) is 43.4 Å². The maximum Gasteiger partial charge on any atom is 0.0892 e. The van der Waals surface area contributed by atoms with E-state index in [1.54, 1.807) is 0 Å². The second-order valence-corrected chi connectivity index (χ2v) is 5.11. The van der Waals surface area contributed by atoms with Crippen molar-refractivity contribution < 1.29 is 9.47 Å².